The highest BCUT2D eigenvalue weighted by atomic mass is 19.1. The van der Waals surface area contributed by atoms with E-state index in [4.69, 9.17) is 10.5 Å². The average Bonchev–Trinajstić information content (AvgIpc) is 2.65. The van der Waals surface area contributed by atoms with Gasteiger partial charge in [-0.3, -0.25) is 19.3 Å². The molecule has 32 heavy (non-hydrogen) atoms. The molecule has 3 amide bonds. The fourth-order valence-electron chi connectivity index (χ4n) is 4.12. The average molecular weight is 449 g/mol. The van der Waals surface area contributed by atoms with Crippen LogP contribution < -0.4 is 16.0 Å². The Bertz CT molecular complexity index is 866. The van der Waals surface area contributed by atoms with Gasteiger partial charge in [-0.1, -0.05) is 27.2 Å². The summed E-state index contributed by atoms with van der Waals surface area (Å²) in [6.07, 6.45) is 3.26. The summed E-state index contributed by atoms with van der Waals surface area (Å²) in [4.78, 5) is 40.6. The first kappa shape index (κ1) is 24.1. The van der Waals surface area contributed by atoms with E-state index in [-0.39, 0.29) is 23.6 Å². The Morgan fingerprint density at radius 1 is 1.34 bits per heavy atom. The highest BCUT2D eigenvalue weighted by Gasteiger charge is 2.36. The molecule has 1 saturated heterocycles. The first-order valence-electron chi connectivity index (χ1n) is 11.1. The summed E-state index contributed by atoms with van der Waals surface area (Å²) in [5.41, 5.74) is 5.80. The maximum absolute atomic E-state index is 14.8. The van der Waals surface area contributed by atoms with Crippen LogP contribution in [-0.4, -0.2) is 61.5 Å². The van der Waals surface area contributed by atoms with Crippen molar-refractivity contribution in [3.05, 3.63) is 24.0 Å². The quantitative estimate of drug-likeness (QED) is 0.593. The van der Waals surface area contributed by atoms with Gasteiger partial charge in [0.2, 0.25) is 5.91 Å². The first-order valence-corrected chi connectivity index (χ1v) is 11.1. The van der Waals surface area contributed by atoms with Crippen LogP contribution in [-0.2, 0) is 19.1 Å². The van der Waals surface area contributed by atoms with Crippen LogP contribution in [0.3, 0.4) is 0 Å². The van der Waals surface area contributed by atoms with E-state index in [1.165, 1.54) is 17.0 Å². The van der Waals surface area contributed by atoms with E-state index >= 15 is 0 Å². The summed E-state index contributed by atoms with van der Waals surface area (Å²) >= 11 is 0. The number of halogens is 1. The number of nitrogens with one attached hydrogen (secondary N) is 1. The van der Waals surface area contributed by atoms with Crippen molar-refractivity contribution in [2.75, 3.05) is 43.1 Å². The lowest BCUT2D eigenvalue weighted by atomic mass is 9.84. The number of amides is 3. The summed E-state index contributed by atoms with van der Waals surface area (Å²) in [5.74, 6) is -1.94. The molecule has 1 aliphatic carbocycles. The molecule has 0 unspecified atom stereocenters. The first-order chi connectivity index (χ1) is 15.0. The molecule has 1 aliphatic heterocycles. The molecular formula is C23H33FN4O4. The summed E-state index contributed by atoms with van der Waals surface area (Å²) < 4.78 is 19.9. The molecule has 1 heterocycles. The third-order valence-electron chi connectivity index (χ3n) is 5.79. The number of rotatable bonds is 8. The Labute approximate surface area is 188 Å². The van der Waals surface area contributed by atoms with E-state index in [9.17, 15) is 18.8 Å². The zero-order chi connectivity index (χ0) is 23.5. The van der Waals surface area contributed by atoms with Gasteiger partial charge in [-0.25, -0.2) is 4.39 Å². The molecule has 0 aromatic heterocycles. The number of morpholine rings is 1. The lowest BCUT2D eigenvalue weighted by molar-refractivity contribution is -0.133. The second-order valence-electron chi connectivity index (χ2n) is 9.84. The normalized spacial score (nSPS) is 18.4. The molecule has 1 aromatic carbocycles. The van der Waals surface area contributed by atoms with Gasteiger partial charge in [0.05, 0.1) is 12.3 Å². The minimum Gasteiger partial charge on any atom is -0.370 e. The van der Waals surface area contributed by atoms with Gasteiger partial charge in [-0.2, -0.15) is 0 Å². The number of hydrogen-bond donors (Lipinski definition) is 2. The minimum absolute atomic E-state index is 0.0506. The zero-order valence-corrected chi connectivity index (χ0v) is 19.0. The Morgan fingerprint density at radius 3 is 2.59 bits per heavy atom. The molecule has 9 heteroatoms. The Morgan fingerprint density at radius 2 is 2.06 bits per heavy atom. The molecule has 0 spiro atoms. The Kier molecular flexibility index (Phi) is 7.51. The highest BCUT2D eigenvalue weighted by Crippen LogP contribution is 2.30. The monoisotopic (exact) mass is 448 g/mol. The van der Waals surface area contributed by atoms with Crippen molar-refractivity contribution in [1.29, 1.82) is 0 Å². The molecule has 176 valence electrons. The largest absolute Gasteiger partial charge is 0.370 e. The van der Waals surface area contributed by atoms with Crippen LogP contribution in [0.4, 0.5) is 15.8 Å². The minimum atomic E-state index is -1.20. The van der Waals surface area contributed by atoms with Crippen molar-refractivity contribution in [2.24, 2.45) is 17.1 Å². The SMILES string of the molecule is CC(C)(C)CN(CC1CCC1)[C@@H](C(N)=O)C(=O)Nc1ccc(N2CCOCC2=O)cc1F. The second-order valence-corrected chi connectivity index (χ2v) is 9.84. The fourth-order valence-corrected chi connectivity index (χ4v) is 4.12. The van der Waals surface area contributed by atoms with Crippen molar-refractivity contribution in [3.63, 3.8) is 0 Å². The number of primary amides is 1. The summed E-state index contributed by atoms with van der Waals surface area (Å²) in [7, 11) is 0. The fraction of sp³-hybridized carbons (Fsp3) is 0.609. The number of anilines is 2. The molecule has 2 fully saturated rings. The van der Waals surface area contributed by atoms with Gasteiger partial charge in [-0.05, 0) is 42.4 Å². The number of carbonyl (C=O) groups excluding carboxylic acids is 3. The van der Waals surface area contributed by atoms with E-state index in [1.54, 1.807) is 6.07 Å². The molecule has 3 N–H and O–H groups in total. The van der Waals surface area contributed by atoms with Crippen LogP contribution in [0.5, 0.6) is 0 Å². The van der Waals surface area contributed by atoms with Gasteiger partial charge in [0.25, 0.3) is 11.8 Å². The van der Waals surface area contributed by atoms with Gasteiger partial charge >= 0.3 is 0 Å². The highest BCUT2D eigenvalue weighted by molar-refractivity contribution is 6.09. The van der Waals surface area contributed by atoms with Crippen LogP contribution in [0.25, 0.3) is 0 Å². The van der Waals surface area contributed by atoms with Gasteiger partial charge in [0.1, 0.15) is 12.4 Å². The summed E-state index contributed by atoms with van der Waals surface area (Å²) in [5, 5.41) is 2.52. The standard InChI is InChI=1S/C23H33FN4O4/c1-23(2,3)14-27(12-15-5-4-6-15)20(21(25)30)22(31)26-18-8-7-16(11-17(18)24)28-9-10-32-13-19(28)29/h7-8,11,15,20H,4-6,9-10,12-14H2,1-3H3,(H2,25,30)(H,26,31)/t20-/m0/s1. The number of nitrogens with two attached hydrogens (primary N) is 1. The molecule has 1 atom stereocenters. The summed E-state index contributed by atoms with van der Waals surface area (Å²) in [6, 6.07) is 2.94. The maximum atomic E-state index is 14.8. The topological polar surface area (TPSA) is 105 Å². The van der Waals surface area contributed by atoms with E-state index in [0.717, 1.165) is 19.3 Å². The van der Waals surface area contributed by atoms with Crippen molar-refractivity contribution in [2.45, 2.75) is 46.1 Å². The number of benzene rings is 1. The lowest BCUT2D eigenvalue weighted by Gasteiger charge is -2.38. The third kappa shape index (κ3) is 6.04. The molecule has 8 nitrogen and oxygen atoms in total. The maximum Gasteiger partial charge on any atom is 0.253 e. The van der Waals surface area contributed by atoms with Gasteiger partial charge in [0.15, 0.2) is 6.04 Å². The number of hydrogen-bond acceptors (Lipinski definition) is 5. The van der Waals surface area contributed by atoms with Crippen molar-refractivity contribution >= 4 is 29.1 Å². The third-order valence-corrected chi connectivity index (χ3v) is 5.79. The van der Waals surface area contributed by atoms with Gasteiger partial charge in [0, 0.05) is 25.3 Å². The van der Waals surface area contributed by atoms with Gasteiger partial charge < -0.3 is 20.7 Å². The Balaban J connectivity index is 1.77. The number of nitrogens with zero attached hydrogens (tertiary/aromatic N) is 2. The molecule has 0 bridgehead atoms. The molecule has 1 aromatic rings. The van der Waals surface area contributed by atoms with Crippen molar-refractivity contribution < 1.29 is 23.5 Å². The second kappa shape index (κ2) is 9.95. The van der Waals surface area contributed by atoms with Crippen LogP contribution in [0.1, 0.15) is 40.0 Å². The van der Waals surface area contributed by atoms with Crippen molar-refractivity contribution in [3.8, 4) is 0 Å². The van der Waals surface area contributed by atoms with Crippen LogP contribution in [0, 0.1) is 17.2 Å². The number of ether oxygens (including phenoxy) is 1. The van der Waals surface area contributed by atoms with E-state index in [2.05, 4.69) is 5.32 Å². The van der Waals surface area contributed by atoms with Crippen LogP contribution in [0.2, 0.25) is 0 Å². The summed E-state index contributed by atoms with van der Waals surface area (Å²) in [6.45, 7) is 7.84. The predicted molar refractivity (Wildman–Crippen MR) is 120 cm³/mol. The van der Waals surface area contributed by atoms with Crippen LogP contribution >= 0.6 is 0 Å². The number of carbonyl (C=O) groups is 3. The molecule has 0 radical (unpaired) electrons. The predicted octanol–water partition coefficient (Wildman–Crippen LogP) is 2.13. The smallest absolute Gasteiger partial charge is 0.253 e. The van der Waals surface area contributed by atoms with Crippen molar-refractivity contribution in [1.82, 2.24) is 4.90 Å². The molecule has 1 saturated carbocycles. The zero-order valence-electron chi connectivity index (χ0n) is 19.0. The molecule has 2 aliphatic rings. The van der Waals surface area contributed by atoms with Gasteiger partial charge in [-0.15, -0.1) is 0 Å². The van der Waals surface area contributed by atoms with E-state index < -0.39 is 23.7 Å². The molecular weight excluding hydrogens is 415 g/mol. The van der Waals surface area contributed by atoms with E-state index in [1.807, 2.05) is 25.7 Å². The Hall–Kier alpha value is -2.52. The van der Waals surface area contributed by atoms with E-state index in [0.29, 0.717) is 37.8 Å². The lowest BCUT2D eigenvalue weighted by Crippen LogP contribution is -2.55. The molecule has 3 rings (SSSR count). The van der Waals surface area contributed by atoms with Crippen LogP contribution in [0.15, 0.2) is 18.2 Å².